The molecule has 0 saturated heterocycles. The molecule has 164 valence electrons. The fourth-order valence-corrected chi connectivity index (χ4v) is 3.46. The van der Waals surface area contributed by atoms with E-state index in [9.17, 15) is 30.8 Å². The smallest absolute Gasteiger partial charge is 0.315 e. The van der Waals surface area contributed by atoms with Crippen LogP contribution in [0, 0.1) is 5.82 Å². The lowest BCUT2D eigenvalue weighted by molar-refractivity contribution is -0.141. The Balaban J connectivity index is 2.08. The molecular weight excluding hydrogens is 440 g/mol. The predicted molar refractivity (Wildman–Crippen MR) is 103 cm³/mol. The summed E-state index contributed by atoms with van der Waals surface area (Å²) in [5.74, 6) is -2.62. The molecule has 31 heavy (non-hydrogen) atoms. The van der Waals surface area contributed by atoms with Crippen LogP contribution in [-0.2, 0) is 21.0 Å². The molecule has 0 bridgehead atoms. The largest absolute Gasteiger partial charge is 0.435 e. The van der Waals surface area contributed by atoms with E-state index in [4.69, 9.17) is 5.14 Å². The van der Waals surface area contributed by atoms with E-state index < -0.39 is 39.5 Å². The summed E-state index contributed by atoms with van der Waals surface area (Å²) in [7, 11) is -2.68. The zero-order valence-corrected chi connectivity index (χ0v) is 16.7. The zero-order chi connectivity index (χ0) is 23.0. The van der Waals surface area contributed by atoms with Crippen LogP contribution in [-0.4, -0.2) is 31.6 Å². The zero-order valence-electron chi connectivity index (χ0n) is 15.9. The van der Waals surface area contributed by atoms with Gasteiger partial charge in [-0.1, -0.05) is 18.2 Å². The fraction of sp³-hybridized carbons (Fsp3) is 0.158. The van der Waals surface area contributed by atoms with Gasteiger partial charge in [-0.2, -0.15) is 18.3 Å². The number of halogens is 4. The normalized spacial score (nSPS) is 13.1. The molecule has 0 fully saturated rings. The number of alkyl halides is 3. The number of rotatable bonds is 5. The number of carbonyl (C=O) groups is 1. The predicted octanol–water partition coefficient (Wildman–Crippen LogP) is 3.01. The summed E-state index contributed by atoms with van der Waals surface area (Å²) in [5.41, 5.74) is -1.05. The maximum Gasteiger partial charge on any atom is 0.435 e. The van der Waals surface area contributed by atoms with E-state index in [1.807, 2.05) is 0 Å². The van der Waals surface area contributed by atoms with Gasteiger partial charge in [0.1, 0.15) is 11.7 Å². The van der Waals surface area contributed by atoms with Crippen LogP contribution in [0.3, 0.4) is 0 Å². The minimum atomic E-state index is -4.74. The molecule has 3 N–H and O–H groups in total. The van der Waals surface area contributed by atoms with Gasteiger partial charge in [0.25, 0.3) is 0 Å². The Hall–Kier alpha value is -3.25. The molecule has 0 aliphatic carbocycles. The van der Waals surface area contributed by atoms with Crippen molar-refractivity contribution in [1.29, 1.82) is 0 Å². The minimum absolute atomic E-state index is 0.173. The van der Waals surface area contributed by atoms with Crippen molar-refractivity contribution in [3.8, 4) is 0 Å². The van der Waals surface area contributed by atoms with Crippen LogP contribution in [0.2, 0.25) is 0 Å². The molecule has 0 spiro atoms. The monoisotopic (exact) mass is 456 g/mol. The first kappa shape index (κ1) is 22.4. The lowest BCUT2D eigenvalue weighted by Gasteiger charge is -2.24. The van der Waals surface area contributed by atoms with Crippen molar-refractivity contribution in [2.24, 2.45) is 5.14 Å². The molecule has 2 aromatic carbocycles. The Bertz CT molecular complexity index is 1210. The maximum atomic E-state index is 13.6. The van der Waals surface area contributed by atoms with Crippen LogP contribution in [0.4, 0.5) is 23.2 Å². The second-order valence-corrected chi connectivity index (χ2v) is 8.19. The number of anilines is 1. The summed E-state index contributed by atoms with van der Waals surface area (Å²) in [6.45, 7) is 0. The second kappa shape index (κ2) is 8.12. The van der Waals surface area contributed by atoms with E-state index >= 15 is 0 Å². The van der Waals surface area contributed by atoms with Gasteiger partial charge in [0.05, 0.1) is 10.6 Å². The van der Waals surface area contributed by atoms with Crippen LogP contribution in [0.25, 0.3) is 0 Å². The van der Waals surface area contributed by atoms with Gasteiger partial charge in [-0.3, -0.25) is 9.89 Å². The SMILES string of the molecule is CN(C(=O)C(c1ccc(S(N)(=O)=O)cc1)c1cc(C(F)(F)F)n[nH]1)c1cccc(F)c1. The minimum Gasteiger partial charge on any atom is -0.315 e. The van der Waals surface area contributed by atoms with Gasteiger partial charge in [-0.25, -0.2) is 17.9 Å². The quantitative estimate of drug-likeness (QED) is 0.575. The Morgan fingerprint density at radius 1 is 1.13 bits per heavy atom. The van der Waals surface area contributed by atoms with Gasteiger partial charge < -0.3 is 4.90 Å². The molecule has 0 saturated carbocycles. The van der Waals surface area contributed by atoms with E-state index in [0.29, 0.717) is 6.07 Å². The number of nitrogens with zero attached hydrogens (tertiary/aromatic N) is 2. The lowest BCUT2D eigenvalue weighted by Crippen LogP contribution is -2.32. The molecule has 7 nitrogen and oxygen atoms in total. The molecule has 0 radical (unpaired) electrons. The van der Waals surface area contributed by atoms with Crippen LogP contribution in [0.1, 0.15) is 22.9 Å². The highest BCUT2D eigenvalue weighted by atomic mass is 32.2. The Morgan fingerprint density at radius 3 is 2.29 bits per heavy atom. The summed E-state index contributed by atoms with van der Waals surface area (Å²) >= 11 is 0. The summed E-state index contributed by atoms with van der Waals surface area (Å²) in [6, 6.07) is 10.6. The number of hydrogen-bond acceptors (Lipinski definition) is 4. The van der Waals surface area contributed by atoms with Crippen LogP contribution >= 0.6 is 0 Å². The van der Waals surface area contributed by atoms with Crippen LogP contribution < -0.4 is 10.0 Å². The number of primary sulfonamides is 1. The van der Waals surface area contributed by atoms with Crippen LogP contribution in [0.5, 0.6) is 0 Å². The average Bonchev–Trinajstić information content (AvgIpc) is 3.17. The molecule has 0 aliphatic heterocycles. The van der Waals surface area contributed by atoms with Gasteiger partial charge >= 0.3 is 6.18 Å². The summed E-state index contributed by atoms with van der Waals surface area (Å²) in [4.78, 5) is 14.1. The fourth-order valence-electron chi connectivity index (χ4n) is 2.94. The van der Waals surface area contributed by atoms with Gasteiger partial charge in [0.15, 0.2) is 5.69 Å². The number of sulfonamides is 1. The first-order valence-corrected chi connectivity index (χ1v) is 10.2. The number of benzene rings is 2. The molecule has 12 heteroatoms. The van der Waals surface area contributed by atoms with Crippen molar-refractivity contribution in [2.45, 2.75) is 17.0 Å². The Labute approximate surface area is 174 Å². The number of amides is 1. The third-order valence-electron chi connectivity index (χ3n) is 4.51. The molecule has 1 amide bonds. The Morgan fingerprint density at radius 2 is 1.77 bits per heavy atom. The van der Waals surface area contributed by atoms with Crippen molar-refractivity contribution in [3.05, 3.63) is 77.4 Å². The number of aromatic nitrogens is 2. The highest BCUT2D eigenvalue weighted by molar-refractivity contribution is 7.89. The first-order chi connectivity index (χ1) is 14.4. The van der Waals surface area contributed by atoms with E-state index in [1.165, 1.54) is 37.4 Å². The molecule has 3 rings (SSSR count). The number of hydrogen-bond donors (Lipinski definition) is 2. The van der Waals surface area contributed by atoms with Gasteiger partial charge in [0, 0.05) is 12.7 Å². The highest BCUT2D eigenvalue weighted by Crippen LogP contribution is 2.33. The number of nitrogens with two attached hydrogens (primary N) is 1. The van der Waals surface area contributed by atoms with E-state index in [-0.39, 0.29) is 21.8 Å². The highest BCUT2D eigenvalue weighted by Gasteiger charge is 2.36. The average molecular weight is 456 g/mol. The van der Waals surface area contributed by atoms with Gasteiger partial charge in [0.2, 0.25) is 15.9 Å². The van der Waals surface area contributed by atoms with E-state index in [0.717, 1.165) is 23.1 Å². The number of nitrogens with one attached hydrogen (secondary N) is 1. The van der Waals surface area contributed by atoms with Gasteiger partial charge in [-0.05, 0) is 42.0 Å². The van der Waals surface area contributed by atoms with Crippen molar-refractivity contribution < 1.29 is 30.8 Å². The first-order valence-electron chi connectivity index (χ1n) is 8.66. The topological polar surface area (TPSA) is 109 Å². The van der Waals surface area contributed by atoms with Crippen molar-refractivity contribution in [2.75, 3.05) is 11.9 Å². The van der Waals surface area contributed by atoms with Crippen molar-refractivity contribution in [3.63, 3.8) is 0 Å². The van der Waals surface area contributed by atoms with Crippen molar-refractivity contribution >= 4 is 21.6 Å². The second-order valence-electron chi connectivity index (χ2n) is 6.63. The van der Waals surface area contributed by atoms with E-state index in [2.05, 4.69) is 10.2 Å². The molecule has 1 aromatic heterocycles. The number of H-pyrrole nitrogens is 1. The third-order valence-corrected chi connectivity index (χ3v) is 5.44. The summed E-state index contributed by atoms with van der Waals surface area (Å²) < 4.78 is 75.6. The molecule has 1 heterocycles. The van der Waals surface area contributed by atoms with E-state index in [1.54, 1.807) is 0 Å². The number of aromatic amines is 1. The summed E-state index contributed by atoms with van der Waals surface area (Å²) in [5, 5.41) is 10.5. The molecule has 1 unspecified atom stereocenters. The molecular formula is C19H16F4N4O3S. The summed E-state index contributed by atoms with van der Waals surface area (Å²) in [6.07, 6.45) is -4.74. The molecule has 1 atom stereocenters. The Kier molecular flexibility index (Phi) is 5.87. The third kappa shape index (κ3) is 4.91. The molecule has 0 aliphatic rings. The number of carbonyl (C=O) groups excluding carboxylic acids is 1. The van der Waals surface area contributed by atoms with Crippen LogP contribution in [0.15, 0.2) is 59.5 Å². The maximum absolute atomic E-state index is 13.6. The number of likely N-dealkylation sites (N-methyl/N-ethyl adjacent to an activating group) is 1. The standard InChI is InChI=1S/C19H16F4N4O3S/c1-27(13-4-2-3-12(20)9-13)18(28)17(15-10-16(26-25-15)19(21,22)23)11-5-7-14(8-6-11)31(24,29)30/h2-10,17H,1H3,(H,25,26)(H2,24,29,30). The molecule has 3 aromatic rings. The van der Waals surface area contributed by atoms with Crippen molar-refractivity contribution in [1.82, 2.24) is 10.2 Å². The lowest BCUT2D eigenvalue weighted by atomic mass is 9.94. The van der Waals surface area contributed by atoms with Gasteiger partial charge in [-0.15, -0.1) is 0 Å².